The van der Waals surface area contributed by atoms with Gasteiger partial charge in [0, 0.05) is 44.5 Å². The second-order valence-corrected chi connectivity index (χ2v) is 5.52. The van der Waals surface area contributed by atoms with Crippen LogP contribution in [0.2, 0.25) is 0 Å². The maximum atomic E-state index is 12.5. The number of carbonyl (C=O) groups is 1. The van der Waals surface area contributed by atoms with Gasteiger partial charge in [0.05, 0.1) is 23.4 Å². The Bertz CT molecular complexity index is 850. The fourth-order valence-corrected chi connectivity index (χ4v) is 2.34. The third-order valence-corrected chi connectivity index (χ3v) is 3.59. The number of para-hydroxylation sites is 1. The highest BCUT2D eigenvalue weighted by atomic mass is 16.5. The number of pyridine rings is 1. The van der Waals surface area contributed by atoms with E-state index in [9.17, 15) is 4.79 Å². The predicted octanol–water partition coefficient (Wildman–Crippen LogP) is 2.49. The molecule has 24 heavy (non-hydrogen) atoms. The molecule has 0 N–H and O–H groups in total. The Balaban J connectivity index is 1.81. The van der Waals surface area contributed by atoms with Gasteiger partial charge in [-0.3, -0.25) is 9.97 Å². The van der Waals surface area contributed by atoms with E-state index in [4.69, 9.17) is 4.74 Å². The van der Waals surface area contributed by atoms with Crippen molar-refractivity contribution in [3.63, 3.8) is 0 Å². The first kappa shape index (κ1) is 15.9. The van der Waals surface area contributed by atoms with Crippen molar-refractivity contribution < 1.29 is 9.53 Å². The van der Waals surface area contributed by atoms with E-state index >= 15 is 0 Å². The standard InChI is InChI=1S/C18H18N4O2/c1-22(2)17-11-15(14-5-3-4-6-16(14)21-17)18(23)24-10-7-13-12-19-8-9-20-13/h3-6,8-9,11-12H,7,10H2,1-2H3. The molecule has 0 aliphatic heterocycles. The van der Waals surface area contributed by atoms with E-state index in [2.05, 4.69) is 15.0 Å². The summed E-state index contributed by atoms with van der Waals surface area (Å²) in [4.78, 5) is 27.1. The zero-order valence-electron chi connectivity index (χ0n) is 13.6. The largest absolute Gasteiger partial charge is 0.462 e. The van der Waals surface area contributed by atoms with Crippen molar-refractivity contribution in [3.05, 3.63) is 60.2 Å². The van der Waals surface area contributed by atoms with Crippen LogP contribution in [0, 0.1) is 0 Å². The fourth-order valence-electron chi connectivity index (χ4n) is 2.34. The first-order valence-corrected chi connectivity index (χ1v) is 7.64. The van der Waals surface area contributed by atoms with Crippen LogP contribution in [0.25, 0.3) is 10.9 Å². The van der Waals surface area contributed by atoms with Gasteiger partial charge in [0.25, 0.3) is 0 Å². The van der Waals surface area contributed by atoms with Gasteiger partial charge < -0.3 is 9.64 Å². The van der Waals surface area contributed by atoms with Crippen LogP contribution >= 0.6 is 0 Å². The van der Waals surface area contributed by atoms with Crippen LogP contribution in [0.4, 0.5) is 5.82 Å². The molecule has 0 spiro atoms. The van der Waals surface area contributed by atoms with Crippen molar-refractivity contribution >= 4 is 22.7 Å². The number of hydrogen-bond donors (Lipinski definition) is 0. The Morgan fingerprint density at radius 3 is 2.79 bits per heavy atom. The maximum absolute atomic E-state index is 12.5. The van der Waals surface area contributed by atoms with Gasteiger partial charge in [-0.2, -0.15) is 0 Å². The summed E-state index contributed by atoms with van der Waals surface area (Å²) in [5.74, 6) is 0.357. The van der Waals surface area contributed by atoms with Gasteiger partial charge >= 0.3 is 5.97 Å². The van der Waals surface area contributed by atoms with Crippen molar-refractivity contribution in [1.29, 1.82) is 0 Å². The molecule has 6 nitrogen and oxygen atoms in total. The molecule has 0 fully saturated rings. The van der Waals surface area contributed by atoms with Crippen LogP contribution in [0.15, 0.2) is 48.9 Å². The normalized spacial score (nSPS) is 10.6. The van der Waals surface area contributed by atoms with E-state index in [1.165, 1.54) is 0 Å². The van der Waals surface area contributed by atoms with Crippen LogP contribution in [0.5, 0.6) is 0 Å². The lowest BCUT2D eigenvalue weighted by molar-refractivity contribution is 0.0510. The Morgan fingerprint density at radius 2 is 2.04 bits per heavy atom. The summed E-state index contributed by atoms with van der Waals surface area (Å²) in [6, 6.07) is 9.31. The van der Waals surface area contributed by atoms with Gasteiger partial charge in [-0.05, 0) is 12.1 Å². The molecule has 122 valence electrons. The zero-order chi connectivity index (χ0) is 16.9. The predicted molar refractivity (Wildman–Crippen MR) is 92.1 cm³/mol. The highest BCUT2D eigenvalue weighted by Gasteiger charge is 2.15. The second-order valence-electron chi connectivity index (χ2n) is 5.52. The molecule has 0 unspecified atom stereocenters. The highest BCUT2D eigenvalue weighted by Crippen LogP contribution is 2.22. The first-order chi connectivity index (χ1) is 11.6. The average molecular weight is 322 g/mol. The molecule has 0 saturated carbocycles. The van der Waals surface area contributed by atoms with Gasteiger partial charge in [-0.25, -0.2) is 9.78 Å². The summed E-state index contributed by atoms with van der Waals surface area (Å²) in [5.41, 5.74) is 2.08. The van der Waals surface area contributed by atoms with Gasteiger partial charge in [0.15, 0.2) is 0 Å². The minimum atomic E-state index is -0.361. The Morgan fingerprint density at radius 1 is 1.21 bits per heavy atom. The summed E-state index contributed by atoms with van der Waals surface area (Å²) in [7, 11) is 3.78. The molecule has 0 saturated heterocycles. The monoisotopic (exact) mass is 322 g/mol. The molecule has 3 rings (SSSR count). The van der Waals surface area contributed by atoms with E-state index in [-0.39, 0.29) is 12.6 Å². The van der Waals surface area contributed by atoms with E-state index in [1.54, 1.807) is 24.7 Å². The number of esters is 1. The van der Waals surface area contributed by atoms with Crippen LogP contribution in [-0.4, -0.2) is 41.6 Å². The van der Waals surface area contributed by atoms with E-state index < -0.39 is 0 Å². The number of carbonyl (C=O) groups excluding carboxylic acids is 1. The Kier molecular flexibility index (Phi) is 4.65. The Hall–Kier alpha value is -3.02. The smallest absolute Gasteiger partial charge is 0.338 e. The van der Waals surface area contributed by atoms with Gasteiger partial charge in [-0.15, -0.1) is 0 Å². The molecule has 0 atom stereocenters. The van der Waals surface area contributed by atoms with Crippen LogP contribution in [0.1, 0.15) is 16.1 Å². The lowest BCUT2D eigenvalue weighted by atomic mass is 10.1. The van der Waals surface area contributed by atoms with Gasteiger partial charge in [0.1, 0.15) is 5.82 Å². The van der Waals surface area contributed by atoms with E-state index in [0.29, 0.717) is 12.0 Å². The molecule has 2 aromatic heterocycles. The number of anilines is 1. The summed E-state index contributed by atoms with van der Waals surface area (Å²) in [6.07, 6.45) is 5.43. The molecule has 0 aliphatic rings. The van der Waals surface area contributed by atoms with Gasteiger partial charge in [-0.1, -0.05) is 18.2 Å². The summed E-state index contributed by atoms with van der Waals surface area (Å²) in [5, 5.41) is 0.785. The molecule has 0 amide bonds. The SMILES string of the molecule is CN(C)c1cc(C(=O)OCCc2cnccn2)c2ccccc2n1. The topological polar surface area (TPSA) is 68.2 Å². The minimum absolute atomic E-state index is 0.255. The lowest BCUT2D eigenvalue weighted by Crippen LogP contribution is -2.14. The van der Waals surface area contributed by atoms with Crippen molar-refractivity contribution in [2.45, 2.75) is 6.42 Å². The van der Waals surface area contributed by atoms with Crippen molar-refractivity contribution in [3.8, 4) is 0 Å². The number of fused-ring (bicyclic) bond motifs is 1. The average Bonchev–Trinajstić information content (AvgIpc) is 2.61. The summed E-state index contributed by atoms with van der Waals surface area (Å²) >= 11 is 0. The molecule has 6 heteroatoms. The lowest BCUT2D eigenvalue weighted by Gasteiger charge is -2.14. The van der Waals surface area contributed by atoms with E-state index in [0.717, 1.165) is 22.4 Å². The van der Waals surface area contributed by atoms with Crippen LogP contribution in [-0.2, 0) is 11.2 Å². The molecule has 1 aromatic carbocycles. The van der Waals surface area contributed by atoms with Crippen molar-refractivity contribution in [2.75, 3.05) is 25.6 Å². The van der Waals surface area contributed by atoms with Crippen LogP contribution < -0.4 is 4.90 Å². The number of benzene rings is 1. The Labute approximate surface area is 140 Å². The number of aromatic nitrogens is 3. The number of rotatable bonds is 5. The van der Waals surface area contributed by atoms with Crippen molar-refractivity contribution in [2.24, 2.45) is 0 Å². The maximum Gasteiger partial charge on any atom is 0.338 e. The number of ether oxygens (including phenoxy) is 1. The summed E-state index contributed by atoms with van der Waals surface area (Å²) < 4.78 is 5.42. The third kappa shape index (κ3) is 3.48. The summed E-state index contributed by atoms with van der Waals surface area (Å²) in [6.45, 7) is 0.255. The van der Waals surface area contributed by atoms with Gasteiger partial charge in [0.2, 0.25) is 0 Å². The quantitative estimate of drug-likeness (QED) is 0.672. The third-order valence-electron chi connectivity index (χ3n) is 3.59. The van der Waals surface area contributed by atoms with E-state index in [1.807, 2.05) is 43.3 Å². The number of nitrogens with zero attached hydrogens (tertiary/aromatic N) is 4. The molecular formula is C18H18N4O2. The van der Waals surface area contributed by atoms with Crippen molar-refractivity contribution in [1.82, 2.24) is 15.0 Å². The molecule has 0 aliphatic carbocycles. The molecule has 2 heterocycles. The number of hydrogen-bond acceptors (Lipinski definition) is 6. The molecular weight excluding hydrogens is 304 g/mol. The zero-order valence-corrected chi connectivity index (χ0v) is 13.6. The molecule has 3 aromatic rings. The fraction of sp³-hybridized carbons (Fsp3) is 0.222. The highest BCUT2D eigenvalue weighted by molar-refractivity contribution is 6.04. The molecule has 0 radical (unpaired) electrons. The second kappa shape index (κ2) is 7.04. The molecule has 0 bridgehead atoms. The first-order valence-electron chi connectivity index (χ1n) is 7.64. The minimum Gasteiger partial charge on any atom is -0.462 e. The van der Waals surface area contributed by atoms with Crippen LogP contribution in [0.3, 0.4) is 0 Å².